The Bertz CT molecular complexity index is 1390. The van der Waals surface area contributed by atoms with Gasteiger partial charge in [-0.3, -0.25) is 4.90 Å². The lowest BCUT2D eigenvalue weighted by molar-refractivity contribution is 0.0528. The van der Waals surface area contributed by atoms with E-state index in [2.05, 4.69) is 27.0 Å². The summed E-state index contributed by atoms with van der Waals surface area (Å²) in [5, 5.41) is 8.91. The van der Waals surface area contributed by atoms with E-state index in [1.807, 2.05) is 54.9 Å². The Labute approximate surface area is 214 Å². The van der Waals surface area contributed by atoms with Crippen LogP contribution < -0.4 is 10.6 Å². The average Bonchev–Trinajstić information content (AvgIpc) is 3.54. The fraction of sp³-hybridized carbons (Fsp3) is 0.286. The Kier molecular flexibility index (Phi) is 7.06. The number of carbonyl (C=O) groups is 2. The van der Waals surface area contributed by atoms with Gasteiger partial charge >= 0.3 is 12.0 Å². The molecule has 1 aliphatic rings. The number of hydrogen-bond acceptors (Lipinski definition) is 5. The summed E-state index contributed by atoms with van der Waals surface area (Å²) in [5.41, 5.74) is 3.26. The molecule has 0 saturated heterocycles. The number of likely N-dealkylation sites (N-methyl/N-ethyl adjacent to an activating group) is 1. The number of benzene rings is 2. The number of urea groups is 1. The lowest BCUT2D eigenvalue weighted by Gasteiger charge is -2.25. The SMILES string of the molecule is CCOC(=O)c1cc2ccccc2cc1NC(=O)NCc1c(-n2cccc2)sc2c1CCN(CC)C2. The van der Waals surface area contributed by atoms with Crippen molar-refractivity contribution < 1.29 is 14.3 Å². The highest BCUT2D eigenvalue weighted by atomic mass is 32.1. The van der Waals surface area contributed by atoms with Crippen LogP contribution in [0.3, 0.4) is 0 Å². The van der Waals surface area contributed by atoms with Crippen molar-refractivity contribution in [1.82, 2.24) is 14.8 Å². The molecule has 0 aliphatic carbocycles. The van der Waals surface area contributed by atoms with Crippen molar-refractivity contribution in [3.8, 4) is 5.00 Å². The van der Waals surface area contributed by atoms with Gasteiger partial charge < -0.3 is 19.9 Å². The third kappa shape index (κ3) is 4.87. The van der Waals surface area contributed by atoms with Gasteiger partial charge in [-0.15, -0.1) is 11.3 Å². The van der Waals surface area contributed by atoms with Gasteiger partial charge in [0.15, 0.2) is 0 Å². The lowest BCUT2D eigenvalue weighted by Crippen LogP contribution is -2.31. The molecule has 2 aromatic carbocycles. The number of thiophene rings is 1. The summed E-state index contributed by atoms with van der Waals surface area (Å²) in [4.78, 5) is 29.5. The molecule has 4 aromatic rings. The zero-order valence-electron chi connectivity index (χ0n) is 20.5. The largest absolute Gasteiger partial charge is 0.462 e. The van der Waals surface area contributed by atoms with Crippen molar-refractivity contribution >= 4 is 39.8 Å². The minimum atomic E-state index is -0.458. The predicted molar refractivity (Wildman–Crippen MR) is 144 cm³/mol. The molecule has 5 rings (SSSR count). The highest BCUT2D eigenvalue weighted by molar-refractivity contribution is 7.14. The lowest BCUT2D eigenvalue weighted by atomic mass is 10.0. The predicted octanol–water partition coefficient (Wildman–Crippen LogP) is 5.57. The third-order valence-electron chi connectivity index (χ3n) is 6.57. The minimum Gasteiger partial charge on any atom is -0.462 e. The molecule has 36 heavy (non-hydrogen) atoms. The summed E-state index contributed by atoms with van der Waals surface area (Å²) < 4.78 is 7.36. The summed E-state index contributed by atoms with van der Waals surface area (Å²) in [5.74, 6) is -0.458. The minimum absolute atomic E-state index is 0.262. The Morgan fingerprint density at radius 1 is 1.06 bits per heavy atom. The molecule has 0 fully saturated rings. The fourth-order valence-electron chi connectivity index (χ4n) is 4.69. The topological polar surface area (TPSA) is 75.6 Å². The smallest absolute Gasteiger partial charge is 0.340 e. The molecule has 0 saturated carbocycles. The molecular weight excluding hydrogens is 472 g/mol. The molecule has 2 N–H and O–H groups in total. The van der Waals surface area contributed by atoms with Crippen molar-refractivity contribution in [2.75, 3.05) is 25.0 Å². The normalized spacial score (nSPS) is 13.4. The number of nitrogens with one attached hydrogen (secondary N) is 2. The van der Waals surface area contributed by atoms with E-state index in [0.717, 1.165) is 47.4 Å². The number of aromatic nitrogens is 1. The van der Waals surface area contributed by atoms with Crippen LogP contribution in [0.1, 0.15) is 40.2 Å². The first-order chi connectivity index (χ1) is 17.6. The molecule has 3 heterocycles. The van der Waals surface area contributed by atoms with E-state index < -0.39 is 5.97 Å². The standard InChI is InChI=1S/C28H30N4O3S/c1-3-31-14-11-21-23(26(36-25(21)18-31)32-12-7-8-13-32)17-29-28(34)30-24-16-20-10-6-5-9-19(20)15-22(24)27(33)35-4-2/h5-10,12-13,15-16H,3-4,11,14,17-18H2,1-2H3,(H2,29,30,34). The highest BCUT2D eigenvalue weighted by Crippen LogP contribution is 2.36. The molecule has 0 spiro atoms. The zero-order valence-corrected chi connectivity index (χ0v) is 21.4. The molecular formula is C28H30N4O3S. The van der Waals surface area contributed by atoms with Crippen LogP contribution in [0.5, 0.6) is 0 Å². The van der Waals surface area contributed by atoms with Gasteiger partial charge in [-0.2, -0.15) is 0 Å². The van der Waals surface area contributed by atoms with Crippen molar-refractivity contribution in [2.45, 2.75) is 33.4 Å². The van der Waals surface area contributed by atoms with Crippen LogP contribution in [-0.4, -0.2) is 41.2 Å². The Balaban J connectivity index is 1.39. The summed E-state index contributed by atoms with van der Waals surface area (Å²) >= 11 is 1.80. The van der Waals surface area contributed by atoms with Crippen LogP contribution >= 0.6 is 11.3 Å². The number of nitrogens with zero attached hydrogens (tertiary/aromatic N) is 2. The van der Waals surface area contributed by atoms with Crippen LogP contribution in [0, 0.1) is 0 Å². The first kappa shape index (κ1) is 24.1. The summed E-state index contributed by atoms with van der Waals surface area (Å²) in [6, 6.07) is 15.0. The maximum Gasteiger partial charge on any atom is 0.340 e. The van der Waals surface area contributed by atoms with Crippen molar-refractivity contribution in [1.29, 1.82) is 0 Å². The number of esters is 1. The van der Waals surface area contributed by atoms with Crippen molar-refractivity contribution in [3.63, 3.8) is 0 Å². The van der Waals surface area contributed by atoms with Crippen molar-refractivity contribution in [3.05, 3.63) is 82.5 Å². The number of carbonyl (C=O) groups excluding carboxylic acids is 2. The second-order valence-corrected chi connectivity index (χ2v) is 9.85. The molecule has 8 heteroatoms. The van der Waals surface area contributed by atoms with Crippen LogP contribution in [0.2, 0.25) is 0 Å². The van der Waals surface area contributed by atoms with E-state index >= 15 is 0 Å². The first-order valence-corrected chi connectivity index (χ1v) is 13.1. The van der Waals surface area contributed by atoms with Crippen molar-refractivity contribution in [2.24, 2.45) is 0 Å². The number of rotatable bonds is 7. The molecule has 0 unspecified atom stereocenters. The highest BCUT2D eigenvalue weighted by Gasteiger charge is 2.25. The molecule has 1 aliphatic heterocycles. The molecule has 0 atom stereocenters. The maximum atomic E-state index is 13.1. The second-order valence-electron chi connectivity index (χ2n) is 8.77. The molecule has 7 nitrogen and oxygen atoms in total. The van der Waals surface area contributed by atoms with Crippen LogP contribution in [-0.2, 0) is 24.2 Å². The van der Waals surface area contributed by atoms with Gasteiger partial charge in [0.1, 0.15) is 5.00 Å². The average molecular weight is 503 g/mol. The van der Waals surface area contributed by atoms with Crippen LogP contribution in [0.15, 0.2) is 60.9 Å². The maximum absolute atomic E-state index is 13.1. The van der Waals surface area contributed by atoms with E-state index in [9.17, 15) is 9.59 Å². The Morgan fingerprint density at radius 3 is 2.53 bits per heavy atom. The molecule has 2 amide bonds. The van der Waals surface area contributed by atoms with E-state index in [1.54, 1.807) is 24.3 Å². The number of fused-ring (bicyclic) bond motifs is 2. The zero-order chi connectivity index (χ0) is 25.1. The van der Waals surface area contributed by atoms with Gasteiger partial charge in [0, 0.05) is 42.5 Å². The van der Waals surface area contributed by atoms with E-state index in [1.165, 1.54) is 10.4 Å². The molecule has 0 bridgehead atoms. The quantitative estimate of drug-likeness (QED) is 0.324. The first-order valence-electron chi connectivity index (χ1n) is 12.3. The number of amides is 2. The van der Waals surface area contributed by atoms with E-state index in [-0.39, 0.29) is 12.6 Å². The monoisotopic (exact) mass is 502 g/mol. The summed E-state index contributed by atoms with van der Waals surface area (Å²) in [6.45, 7) is 7.61. The van der Waals surface area contributed by atoms with Gasteiger partial charge in [-0.05, 0) is 60.5 Å². The number of hydrogen-bond donors (Lipinski definition) is 2. The summed E-state index contributed by atoms with van der Waals surface area (Å²) in [6.07, 6.45) is 5.05. The number of anilines is 1. The fourth-order valence-corrected chi connectivity index (χ4v) is 6.07. The second kappa shape index (κ2) is 10.6. The van der Waals surface area contributed by atoms with Gasteiger partial charge in [0.25, 0.3) is 0 Å². The van der Waals surface area contributed by atoms with E-state index in [0.29, 0.717) is 17.8 Å². The van der Waals surface area contributed by atoms with Gasteiger partial charge in [0.05, 0.1) is 17.9 Å². The molecule has 2 aromatic heterocycles. The Hall–Kier alpha value is -3.62. The van der Waals surface area contributed by atoms with Crippen LogP contribution in [0.4, 0.5) is 10.5 Å². The molecule has 0 radical (unpaired) electrons. The van der Waals surface area contributed by atoms with E-state index in [4.69, 9.17) is 4.74 Å². The number of ether oxygens (including phenoxy) is 1. The van der Waals surface area contributed by atoms with Gasteiger partial charge in [-0.25, -0.2) is 9.59 Å². The molecule has 186 valence electrons. The van der Waals surface area contributed by atoms with Gasteiger partial charge in [0.2, 0.25) is 0 Å². The van der Waals surface area contributed by atoms with Crippen LogP contribution in [0.25, 0.3) is 15.8 Å². The summed E-state index contributed by atoms with van der Waals surface area (Å²) in [7, 11) is 0. The third-order valence-corrected chi connectivity index (χ3v) is 7.84. The van der Waals surface area contributed by atoms with Gasteiger partial charge in [-0.1, -0.05) is 31.2 Å². The Morgan fingerprint density at radius 2 is 1.81 bits per heavy atom.